The third-order valence-electron chi connectivity index (χ3n) is 7.32. The fourth-order valence-corrected chi connectivity index (χ4v) is 6.64. The Balaban J connectivity index is 1.82. The van der Waals surface area contributed by atoms with Gasteiger partial charge in [0.15, 0.2) is 0 Å². The quantitative estimate of drug-likeness (QED) is 0.159. The van der Waals surface area contributed by atoms with E-state index in [9.17, 15) is 18.0 Å². The van der Waals surface area contributed by atoms with Crippen LogP contribution in [0, 0.1) is 0 Å². The van der Waals surface area contributed by atoms with Crippen molar-refractivity contribution < 1.29 is 18.0 Å². The molecule has 0 aliphatic heterocycles. The third-order valence-corrected chi connectivity index (χ3v) is 10.1. The van der Waals surface area contributed by atoms with Gasteiger partial charge in [-0.2, -0.15) is 0 Å². The largest absolute Gasteiger partial charge is 0.352 e. The van der Waals surface area contributed by atoms with E-state index in [1.54, 1.807) is 54.6 Å². The number of rotatable bonds is 13. The van der Waals surface area contributed by atoms with Crippen LogP contribution in [0.25, 0.3) is 0 Å². The van der Waals surface area contributed by atoms with Crippen LogP contribution in [0.1, 0.15) is 31.4 Å². The molecule has 1 N–H and O–H groups in total. The second-order valence-electron chi connectivity index (χ2n) is 10.6. The second kappa shape index (κ2) is 15.6. The molecule has 11 heteroatoms. The molecular weight excluding hydrogens is 653 g/mol. The molecule has 2 atom stereocenters. The smallest absolute Gasteiger partial charge is 0.264 e. The average Bonchev–Trinajstić information content (AvgIpc) is 3.03. The highest BCUT2D eigenvalue weighted by Crippen LogP contribution is 2.28. The monoisotopic (exact) mass is 685 g/mol. The lowest BCUT2D eigenvalue weighted by molar-refractivity contribution is -0.140. The van der Waals surface area contributed by atoms with Gasteiger partial charge in [0.2, 0.25) is 11.8 Å². The number of hydrogen-bond acceptors (Lipinski definition) is 4. The van der Waals surface area contributed by atoms with Crippen molar-refractivity contribution in [3.63, 3.8) is 0 Å². The van der Waals surface area contributed by atoms with Crippen LogP contribution < -0.4 is 9.62 Å². The highest BCUT2D eigenvalue weighted by Gasteiger charge is 2.35. The van der Waals surface area contributed by atoms with Gasteiger partial charge >= 0.3 is 0 Å². The Kier molecular flexibility index (Phi) is 11.9. The van der Waals surface area contributed by atoms with Gasteiger partial charge in [0, 0.05) is 24.0 Å². The van der Waals surface area contributed by atoms with Gasteiger partial charge < -0.3 is 10.2 Å². The number of carbonyl (C=O) groups is 2. The molecule has 2 amide bonds. The van der Waals surface area contributed by atoms with Crippen molar-refractivity contribution >= 4 is 62.3 Å². The molecule has 45 heavy (non-hydrogen) atoms. The minimum Gasteiger partial charge on any atom is -0.352 e. The summed E-state index contributed by atoms with van der Waals surface area (Å²) in [5, 5.41) is 3.94. The van der Waals surface area contributed by atoms with E-state index >= 15 is 0 Å². The van der Waals surface area contributed by atoms with Gasteiger partial charge in [-0.15, -0.1) is 0 Å². The second-order valence-corrected chi connectivity index (χ2v) is 13.7. The van der Waals surface area contributed by atoms with Crippen molar-refractivity contribution in [2.45, 2.75) is 50.2 Å². The van der Waals surface area contributed by atoms with Crippen LogP contribution in [-0.4, -0.2) is 43.8 Å². The minimum absolute atomic E-state index is 0.00385. The van der Waals surface area contributed by atoms with E-state index in [4.69, 9.17) is 34.8 Å². The summed E-state index contributed by atoms with van der Waals surface area (Å²) in [5.41, 5.74) is 1.66. The van der Waals surface area contributed by atoms with Crippen LogP contribution in [0.3, 0.4) is 0 Å². The molecule has 4 aromatic rings. The fraction of sp³-hybridized carbons (Fsp3) is 0.235. The van der Waals surface area contributed by atoms with E-state index in [1.165, 1.54) is 23.1 Å². The lowest BCUT2D eigenvalue weighted by Gasteiger charge is -2.34. The zero-order chi connectivity index (χ0) is 32.6. The normalized spacial score (nSPS) is 12.6. The van der Waals surface area contributed by atoms with E-state index in [-0.39, 0.29) is 40.5 Å². The van der Waals surface area contributed by atoms with E-state index < -0.39 is 28.5 Å². The van der Waals surface area contributed by atoms with Gasteiger partial charge in [0.25, 0.3) is 10.0 Å². The molecular formula is C34H34Cl3N3O4S. The van der Waals surface area contributed by atoms with Crippen molar-refractivity contribution in [2.24, 2.45) is 0 Å². The van der Waals surface area contributed by atoms with Crippen LogP contribution in [0.4, 0.5) is 5.69 Å². The number of nitrogens with zero attached hydrogens (tertiary/aromatic N) is 2. The Labute approximate surface area is 279 Å². The number of halogens is 3. The first-order valence-electron chi connectivity index (χ1n) is 14.4. The SMILES string of the molecule is CCC(C)NC(=O)C(Cc1ccccc1)N(Cc1ccc(Cl)c(Cl)c1)C(=O)CN(c1cccc(Cl)c1)S(=O)(=O)c1ccccc1. The molecule has 0 saturated heterocycles. The maximum Gasteiger partial charge on any atom is 0.264 e. The predicted molar refractivity (Wildman–Crippen MR) is 181 cm³/mol. The summed E-state index contributed by atoms with van der Waals surface area (Å²) in [4.78, 5) is 29.8. The number of nitrogens with one attached hydrogen (secondary N) is 1. The topological polar surface area (TPSA) is 86.8 Å². The van der Waals surface area contributed by atoms with Crippen molar-refractivity contribution in [1.29, 1.82) is 0 Å². The van der Waals surface area contributed by atoms with Gasteiger partial charge in [0.1, 0.15) is 12.6 Å². The van der Waals surface area contributed by atoms with Crippen molar-refractivity contribution in [3.8, 4) is 0 Å². The molecule has 2 unspecified atom stereocenters. The number of anilines is 1. The van der Waals surface area contributed by atoms with Crippen LogP contribution in [-0.2, 0) is 32.6 Å². The maximum atomic E-state index is 14.5. The van der Waals surface area contributed by atoms with Crippen LogP contribution >= 0.6 is 34.8 Å². The molecule has 0 aromatic heterocycles. The summed E-state index contributed by atoms with van der Waals surface area (Å²) in [6.07, 6.45) is 0.876. The van der Waals surface area contributed by atoms with Crippen LogP contribution in [0.15, 0.2) is 108 Å². The Hall–Kier alpha value is -3.56. The summed E-state index contributed by atoms with van der Waals surface area (Å²) in [7, 11) is -4.22. The first-order valence-corrected chi connectivity index (χ1v) is 17.0. The van der Waals surface area contributed by atoms with Gasteiger partial charge in [-0.05, 0) is 66.9 Å². The molecule has 0 aliphatic carbocycles. The summed E-state index contributed by atoms with van der Waals surface area (Å²) in [6, 6.07) is 27.3. The van der Waals surface area contributed by atoms with Crippen molar-refractivity contribution in [2.75, 3.05) is 10.8 Å². The summed E-state index contributed by atoms with van der Waals surface area (Å²) in [6.45, 7) is 3.21. The van der Waals surface area contributed by atoms with Gasteiger partial charge in [-0.1, -0.05) is 102 Å². The molecule has 0 radical (unpaired) electrons. The lowest BCUT2D eigenvalue weighted by atomic mass is 10.0. The Morgan fingerprint density at radius 1 is 0.800 bits per heavy atom. The van der Waals surface area contributed by atoms with Crippen molar-refractivity contribution in [3.05, 3.63) is 129 Å². The molecule has 0 spiro atoms. The summed E-state index contributed by atoms with van der Waals surface area (Å²) in [5.74, 6) is -0.956. The van der Waals surface area contributed by atoms with Crippen LogP contribution in [0.2, 0.25) is 15.1 Å². The standard InChI is InChI=1S/C34H34Cl3N3O4S/c1-3-24(2)38-34(42)32(20-25-11-6-4-7-12-25)39(22-26-17-18-30(36)31(37)19-26)33(41)23-40(28-14-10-13-27(35)21-28)45(43,44)29-15-8-5-9-16-29/h4-19,21,24,32H,3,20,22-23H2,1-2H3,(H,38,42). The number of sulfonamides is 1. The molecule has 0 saturated carbocycles. The Bertz CT molecular complexity index is 1720. The van der Waals surface area contributed by atoms with E-state index in [0.29, 0.717) is 22.0 Å². The third kappa shape index (κ3) is 9.01. The number of carbonyl (C=O) groups excluding carboxylic acids is 2. The fourth-order valence-electron chi connectivity index (χ4n) is 4.71. The highest BCUT2D eigenvalue weighted by atomic mass is 35.5. The predicted octanol–water partition coefficient (Wildman–Crippen LogP) is 7.40. The number of amides is 2. The van der Waals surface area contributed by atoms with E-state index in [0.717, 1.165) is 9.87 Å². The zero-order valence-corrected chi connectivity index (χ0v) is 28.0. The Morgan fingerprint density at radius 3 is 2.09 bits per heavy atom. The number of benzene rings is 4. The van der Waals surface area contributed by atoms with E-state index in [2.05, 4.69) is 5.32 Å². The molecule has 4 rings (SSSR count). The molecule has 0 aliphatic rings. The molecule has 0 heterocycles. The molecule has 0 fully saturated rings. The maximum absolute atomic E-state index is 14.5. The molecule has 236 valence electrons. The van der Waals surface area contributed by atoms with E-state index in [1.807, 2.05) is 44.2 Å². The molecule has 0 bridgehead atoms. The zero-order valence-electron chi connectivity index (χ0n) is 24.9. The first-order chi connectivity index (χ1) is 21.5. The highest BCUT2D eigenvalue weighted by molar-refractivity contribution is 7.92. The van der Waals surface area contributed by atoms with Gasteiger partial charge in [0.05, 0.1) is 20.6 Å². The first kappa shape index (κ1) is 34.3. The minimum atomic E-state index is -4.22. The van der Waals surface area contributed by atoms with Gasteiger partial charge in [-0.3, -0.25) is 13.9 Å². The molecule has 4 aromatic carbocycles. The summed E-state index contributed by atoms with van der Waals surface area (Å²) < 4.78 is 29.1. The van der Waals surface area contributed by atoms with Crippen LogP contribution in [0.5, 0.6) is 0 Å². The lowest BCUT2D eigenvalue weighted by Crippen LogP contribution is -2.54. The van der Waals surface area contributed by atoms with Gasteiger partial charge in [-0.25, -0.2) is 8.42 Å². The molecule has 7 nitrogen and oxygen atoms in total. The summed E-state index contributed by atoms with van der Waals surface area (Å²) >= 11 is 18.8. The number of hydrogen-bond donors (Lipinski definition) is 1. The Morgan fingerprint density at radius 2 is 1.47 bits per heavy atom. The average molecular weight is 687 g/mol. The van der Waals surface area contributed by atoms with Crippen molar-refractivity contribution in [1.82, 2.24) is 10.2 Å².